The molecule has 0 aliphatic carbocycles. The second-order valence-electron chi connectivity index (χ2n) is 5.29. The van der Waals surface area contributed by atoms with Gasteiger partial charge in [0.25, 0.3) is 0 Å². The molecule has 0 radical (unpaired) electrons. The van der Waals surface area contributed by atoms with E-state index in [1.165, 1.54) is 0 Å². The number of nitrogens with zero attached hydrogens (tertiary/aromatic N) is 3. The Bertz CT molecular complexity index is 798. The van der Waals surface area contributed by atoms with E-state index in [4.69, 9.17) is 5.10 Å². The lowest BCUT2D eigenvalue weighted by atomic mass is 10.2. The zero-order valence-electron chi connectivity index (χ0n) is 12.6. The predicted octanol–water partition coefficient (Wildman–Crippen LogP) is 4.49. The minimum atomic E-state index is 0.917. The van der Waals surface area contributed by atoms with Crippen LogP contribution in [0.1, 0.15) is 5.56 Å². The largest absolute Gasteiger partial charge is 0.456 e. The third-order valence-corrected chi connectivity index (χ3v) is 3.74. The van der Waals surface area contributed by atoms with Crippen molar-refractivity contribution in [3.8, 4) is 0 Å². The number of amidine groups is 1. The van der Waals surface area contributed by atoms with E-state index in [1.54, 1.807) is 0 Å². The monoisotopic (exact) mass is 298 g/mol. The maximum absolute atomic E-state index is 4.81. The van der Waals surface area contributed by atoms with E-state index in [0.29, 0.717) is 0 Å². The van der Waals surface area contributed by atoms with Gasteiger partial charge in [-0.2, -0.15) is 5.10 Å². The highest BCUT2D eigenvalue weighted by molar-refractivity contribution is 6.13. The molecular formula is C20H16N3-. The Morgan fingerprint density at radius 1 is 0.609 bits per heavy atom. The Hall–Kier alpha value is -3.07. The maximum Gasteiger partial charge on any atom is 0.129 e. The van der Waals surface area contributed by atoms with Gasteiger partial charge in [0, 0.05) is 16.9 Å². The molecule has 0 spiro atoms. The second kappa shape index (κ2) is 5.97. The molecule has 0 saturated heterocycles. The van der Waals surface area contributed by atoms with E-state index < -0.39 is 0 Å². The van der Waals surface area contributed by atoms with E-state index in [2.05, 4.69) is 41.3 Å². The van der Waals surface area contributed by atoms with Crippen LogP contribution in [0.15, 0.2) is 96.1 Å². The van der Waals surface area contributed by atoms with Crippen molar-refractivity contribution in [3.05, 3.63) is 103 Å². The standard InChI is InChI=1S/C20H16N3/c1-4-10-17(11-5-1)20-21-23(19-14-8-3-9-15-19)16-22(20)18-12-6-2-7-13-18/h1-16H/q-1. The smallest absolute Gasteiger partial charge is 0.129 e. The molecule has 3 heteroatoms. The van der Waals surface area contributed by atoms with Crippen LogP contribution in [0.4, 0.5) is 11.4 Å². The van der Waals surface area contributed by atoms with Gasteiger partial charge < -0.3 is 9.91 Å². The van der Waals surface area contributed by atoms with Gasteiger partial charge >= 0.3 is 0 Å². The molecule has 1 aliphatic heterocycles. The molecular weight excluding hydrogens is 282 g/mol. The SMILES string of the molecule is c1ccc(C2=NN(c3ccccc3)[CH-]N2c2ccccc2)cc1. The minimum Gasteiger partial charge on any atom is -0.456 e. The van der Waals surface area contributed by atoms with Crippen LogP contribution in [0, 0.1) is 6.67 Å². The molecule has 0 bridgehead atoms. The van der Waals surface area contributed by atoms with Gasteiger partial charge in [-0.15, -0.1) is 6.67 Å². The molecule has 0 N–H and O–H groups in total. The van der Waals surface area contributed by atoms with Crippen molar-refractivity contribution in [1.82, 2.24) is 0 Å². The first-order valence-corrected chi connectivity index (χ1v) is 7.59. The average molecular weight is 298 g/mol. The molecule has 3 aromatic rings. The molecule has 4 rings (SSSR count). The Kier molecular flexibility index (Phi) is 3.53. The summed E-state index contributed by atoms with van der Waals surface area (Å²) in [7, 11) is 0. The molecule has 112 valence electrons. The van der Waals surface area contributed by atoms with Crippen molar-refractivity contribution in [2.75, 3.05) is 9.91 Å². The first-order valence-electron chi connectivity index (χ1n) is 7.59. The molecule has 1 aliphatic rings. The summed E-state index contributed by atoms with van der Waals surface area (Å²) in [6, 6.07) is 30.7. The average Bonchev–Trinajstić information content (AvgIpc) is 3.09. The number of rotatable bonds is 3. The Morgan fingerprint density at radius 3 is 1.74 bits per heavy atom. The molecule has 0 atom stereocenters. The third kappa shape index (κ3) is 2.69. The number of hydrogen-bond acceptors (Lipinski definition) is 3. The Morgan fingerprint density at radius 2 is 1.13 bits per heavy atom. The summed E-state index contributed by atoms with van der Waals surface area (Å²) in [6.45, 7) is 2.02. The van der Waals surface area contributed by atoms with E-state index in [9.17, 15) is 0 Å². The third-order valence-electron chi connectivity index (χ3n) is 3.74. The van der Waals surface area contributed by atoms with Gasteiger partial charge in [0.2, 0.25) is 0 Å². The summed E-state index contributed by atoms with van der Waals surface area (Å²) in [5, 5.41) is 6.72. The Balaban J connectivity index is 1.76. The summed E-state index contributed by atoms with van der Waals surface area (Å²) >= 11 is 0. The van der Waals surface area contributed by atoms with Crippen LogP contribution in [0.3, 0.4) is 0 Å². The van der Waals surface area contributed by atoms with Gasteiger partial charge in [-0.25, -0.2) is 0 Å². The normalized spacial score (nSPS) is 14.0. The van der Waals surface area contributed by atoms with Gasteiger partial charge in [0.1, 0.15) is 5.84 Å². The molecule has 3 aromatic carbocycles. The second-order valence-corrected chi connectivity index (χ2v) is 5.29. The van der Waals surface area contributed by atoms with Crippen LogP contribution >= 0.6 is 0 Å². The predicted molar refractivity (Wildman–Crippen MR) is 95.1 cm³/mol. The first-order chi connectivity index (χ1) is 11.4. The molecule has 0 aromatic heterocycles. The van der Waals surface area contributed by atoms with E-state index >= 15 is 0 Å². The van der Waals surface area contributed by atoms with Gasteiger partial charge in [0.15, 0.2) is 0 Å². The quantitative estimate of drug-likeness (QED) is 0.663. The van der Waals surface area contributed by atoms with E-state index in [0.717, 1.165) is 22.8 Å². The molecule has 0 amide bonds. The van der Waals surface area contributed by atoms with Crippen LogP contribution in [0.25, 0.3) is 0 Å². The van der Waals surface area contributed by atoms with Crippen molar-refractivity contribution < 1.29 is 0 Å². The van der Waals surface area contributed by atoms with Crippen molar-refractivity contribution in [3.63, 3.8) is 0 Å². The highest BCUT2D eigenvalue weighted by Gasteiger charge is 2.17. The number of hydrazone groups is 1. The molecule has 3 nitrogen and oxygen atoms in total. The molecule has 0 fully saturated rings. The van der Waals surface area contributed by atoms with Crippen molar-refractivity contribution in [2.45, 2.75) is 0 Å². The summed E-state index contributed by atoms with van der Waals surface area (Å²) < 4.78 is 0. The highest BCUT2D eigenvalue weighted by atomic mass is 15.6. The fourth-order valence-corrected chi connectivity index (χ4v) is 2.61. The van der Waals surface area contributed by atoms with Crippen LogP contribution in [-0.4, -0.2) is 5.84 Å². The van der Waals surface area contributed by atoms with Crippen LogP contribution < -0.4 is 9.91 Å². The van der Waals surface area contributed by atoms with Crippen molar-refractivity contribution >= 4 is 17.2 Å². The zero-order valence-corrected chi connectivity index (χ0v) is 12.6. The van der Waals surface area contributed by atoms with Crippen molar-refractivity contribution in [2.24, 2.45) is 5.10 Å². The molecule has 0 unspecified atom stereocenters. The fraction of sp³-hybridized carbons (Fsp3) is 0. The molecule has 1 heterocycles. The molecule has 0 saturated carbocycles. The topological polar surface area (TPSA) is 18.8 Å². The van der Waals surface area contributed by atoms with E-state index in [-0.39, 0.29) is 0 Å². The number of para-hydroxylation sites is 2. The number of benzene rings is 3. The van der Waals surface area contributed by atoms with Crippen molar-refractivity contribution in [1.29, 1.82) is 0 Å². The minimum absolute atomic E-state index is 0.917. The first kappa shape index (κ1) is 13.6. The lowest BCUT2D eigenvalue weighted by molar-refractivity contribution is 1.02. The lowest BCUT2D eigenvalue weighted by Gasteiger charge is -2.33. The maximum atomic E-state index is 4.81. The van der Waals surface area contributed by atoms with Gasteiger partial charge in [-0.3, -0.25) is 0 Å². The van der Waals surface area contributed by atoms with Gasteiger partial charge in [0.05, 0.1) is 0 Å². The summed E-state index contributed by atoms with van der Waals surface area (Å²) in [5.74, 6) is 0.917. The summed E-state index contributed by atoms with van der Waals surface area (Å²) in [4.78, 5) is 2.11. The van der Waals surface area contributed by atoms with Gasteiger partial charge in [-0.05, 0) is 24.3 Å². The van der Waals surface area contributed by atoms with Crippen LogP contribution in [0.2, 0.25) is 0 Å². The lowest BCUT2D eigenvalue weighted by Crippen LogP contribution is -2.26. The van der Waals surface area contributed by atoms with Gasteiger partial charge in [-0.1, -0.05) is 66.7 Å². The summed E-state index contributed by atoms with van der Waals surface area (Å²) in [6.07, 6.45) is 0. The zero-order chi connectivity index (χ0) is 15.5. The Labute approximate surface area is 136 Å². The fourth-order valence-electron chi connectivity index (χ4n) is 2.61. The van der Waals surface area contributed by atoms with E-state index in [1.807, 2.05) is 66.3 Å². The molecule has 23 heavy (non-hydrogen) atoms. The van der Waals surface area contributed by atoms with Crippen LogP contribution in [-0.2, 0) is 0 Å². The highest BCUT2D eigenvalue weighted by Crippen LogP contribution is 2.29. The number of anilines is 2. The number of hydrogen-bond donors (Lipinski definition) is 0. The summed E-state index contributed by atoms with van der Waals surface area (Å²) in [5.41, 5.74) is 3.22. The van der Waals surface area contributed by atoms with Crippen LogP contribution in [0.5, 0.6) is 0 Å².